The first-order chi connectivity index (χ1) is 25.2. The van der Waals surface area contributed by atoms with Crippen LogP contribution in [-0.2, 0) is 28.9 Å². The normalized spacial score (nSPS) is 12.3. The first-order valence-corrected chi connectivity index (χ1v) is 20.8. The average Bonchev–Trinajstić information content (AvgIpc) is 3.11. The van der Waals surface area contributed by atoms with Crippen LogP contribution in [0.1, 0.15) is 60.5 Å². The number of rotatable bonds is 5. The van der Waals surface area contributed by atoms with Crippen LogP contribution in [0.5, 0.6) is 0 Å². The molecule has 1 heterocycles. The van der Waals surface area contributed by atoms with E-state index >= 15 is 0 Å². The molecule has 0 radical (unpaired) electrons. The molecule has 0 fully saturated rings. The molecule has 53 heavy (non-hydrogen) atoms. The van der Waals surface area contributed by atoms with Crippen LogP contribution in [0.2, 0.25) is 0 Å². The van der Waals surface area contributed by atoms with E-state index in [4.69, 9.17) is 29.1 Å². The standard InChI is InChI=1S/C20H16Br2N2.C14H6Br2O2.C6H16N2.Mn.2O/c1-11(2)7-14-10-23-19-17-8-12(21)3-5-15(17)16-6-4-13(22)9-18(16)20(19)24-14;15-7-1-3-9-10-4-2-8(16)6-12(10)14(18)13(17)11(9)5-7;1-5(2)3-6(8)4-7;;;/h3-6,8-11H,7H2,1-2H3;1-6H;5-6H,3-4,7-8H2,1-2H3;;;. The summed E-state index contributed by atoms with van der Waals surface area (Å²) in [5.41, 5.74) is 16.4. The number of aromatic nitrogens is 2. The fourth-order valence-electron chi connectivity index (χ4n) is 6.05. The summed E-state index contributed by atoms with van der Waals surface area (Å²) in [6, 6.07) is 23.8. The van der Waals surface area contributed by atoms with Crippen molar-refractivity contribution in [3.8, 4) is 11.1 Å². The molecular formula is C40H38Br4MnN4O4. The molecule has 13 heteroatoms. The predicted molar refractivity (Wildman–Crippen MR) is 222 cm³/mol. The van der Waals surface area contributed by atoms with E-state index in [2.05, 4.69) is 128 Å². The van der Waals surface area contributed by atoms with Crippen molar-refractivity contribution in [1.29, 1.82) is 0 Å². The van der Waals surface area contributed by atoms with Crippen molar-refractivity contribution in [3.63, 3.8) is 0 Å². The fourth-order valence-corrected chi connectivity index (χ4v) is 7.49. The number of carbonyl (C=O) groups excluding carboxylic acids is 2. The maximum atomic E-state index is 12.1. The molecule has 7 rings (SSSR count). The molecule has 0 saturated heterocycles. The van der Waals surface area contributed by atoms with Crippen LogP contribution in [-0.4, -0.2) is 34.1 Å². The molecule has 6 aromatic rings. The van der Waals surface area contributed by atoms with Gasteiger partial charge in [0.2, 0.25) is 11.6 Å². The van der Waals surface area contributed by atoms with Crippen LogP contribution >= 0.6 is 63.7 Å². The van der Waals surface area contributed by atoms with Gasteiger partial charge in [-0.05, 0) is 95.1 Å². The molecule has 8 nitrogen and oxygen atoms in total. The monoisotopic (exact) mass is 1010 g/mol. The minimum atomic E-state index is -1.44. The van der Waals surface area contributed by atoms with Gasteiger partial charge < -0.3 is 11.5 Å². The van der Waals surface area contributed by atoms with Gasteiger partial charge >= 0.3 is 22.5 Å². The number of ketones is 2. The summed E-state index contributed by atoms with van der Waals surface area (Å²) in [7, 11) is 0. The second-order valence-corrected chi connectivity index (χ2v) is 17.1. The topological polar surface area (TPSA) is 146 Å². The fraction of sp³-hybridized carbons (Fsp3) is 0.250. The molecule has 4 N–H and O–H groups in total. The number of hydrogen-bond acceptors (Lipinski definition) is 8. The summed E-state index contributed by atoms with van der Waals surface area (Å²) in [6.07, 6.45) is 3.90. The van der Waals surface area contributed by atoms with Gasteiger partial charge in [-0.2, -0.15) is 0 Å². The van der Waals surface area contributed by atoms with Crippen molar-refractivity contribution in [2.45, 2.75) is 46.6 Å². The Morgan fingerprint density at radius 1 is 0.623 bits per heavy atom. The number of carbonyl (C=O) groups is 2. The number of Topliss-reactive ketones (excluding diaryl/α,β-unsaturated/α-hetero) is 2. The van der Waals surface area contributed by atoms with Crippen LogP contribution < -0.4 is 11.5 Å². The zero-order valence-electron chi connectivity index (χ0n) is 29.4. The summed E-state index contributed by atoms with van der Waals surface area (Å²) in [6.45, 7) is 9.32. The Balaban J connectivity index is 0.000000190. The van der Waals surface area contributed by atoms with Gasteiger partial charge in [-0.3, -0.25) is 14.6 Å². The Bertz CT molecular complexity index is 2290. The van der Waals surface area contributed by atoms with E-state index in [0.29, 0.717) is 29.5 Å². The van der Waals surface area contributed by atoms with Crippen LogP contribution in [0.15, 0.2) is 96.9 Å². The number of halogens is 4. The molecular weight excluding hydrogens is 975 g/mol. The van der Waals surface area contributed by atoms with Gasteiger partial charge in [-0.1, -0.05) is 116 Å². The van der Waals surface area contributed by atoms with Crippen LogP contribution in [0.25, 0.3) is 43.7 Å². The molecule has 277 valence electrons. The molecule has 0 amide bonds. The number of hydrogen-bond donors (Lipinski definition) is 2. The van der Waals surface area contributed by atoms with Crippen molar-refractivity contribution in [2.24, 2.45) is 23.3 Å². The van der Waals surface area contributed by atoms with Gasteiger partial charge in [-0.25, -0.2) is 4.98 Å². The van der Waals surface area contributed by atoms with Gasteiger partial charge in [-0.15, -0.1) is 0 Å². The van der Waals surface area contributed by atoms with E-state index in [1.54, 1.807) is 12.1 Å². The Kier molecular flexibility index (Phi) is 16.0. The third-order valence-electron chi connectivity index (χ3n) is 8.23. The van der Waals surface area contributed by atoms with Gasteiger partial charge in [0, 0.05) is 58.6 Å². The average molecular weight is 1010 g/mol. The van der Waals surface area contributed by atoms with Crippen LogP contribution in [0, 0.1) is 11.8 Å². The van der Waals surface area contributed by atoms with Crippen molar-refractivity contribution in [2.75, 3.05) is 6.54 Å². The second kappa shape index (κ2) is 19.7. The van der Waals surface area contributed by atoms with Crippen molar-refractivity contribution in [1.82, 2.24) is 9.97 Å². The summed E-state index contributed by atoms with van der Waals surface area (Å²) in [4.78, 5) is 33.9. The maximum absolute atomic E-state index is 12.1. The van der Waals surface area contributed by atoms with Gasteiger partial charge in [0.15, 0.2) is 0 Å². The van der Waals surface area contributed by atoms with E-state index in [-0.39, 0.29) is 6.04 Å². The second-order valence-electron chi connectivity index (χ2n) is 13.3. The van der Waals surface area contributed by atoms with E-state index in [9.17, 15) is 9.59 Å². The van der Waals surface area contributed by atoms with Crippen molar-refractivity contribution < 1.29 is 32.1 Å². The predicted octanol–water partition coefficient (Wildman–Crippen LogP) is 11.0. The zero-order valence-corrected chi connectivity index (χ0v) is 37.0. The summed E-state index contributed by atoms with van der Waals surface area (Å²) in [5, 5.41) is 4.70. The Hall–Kier alpha value is -2.74. The Morgan fingerprint density at radius 2 is 1.06 bits per heavy atom. The van der Waals surface area contributed by atoms with Crippen molar-refractivity contribution >= 4 is 108 Å². The van der Waals surface area contributed by atoms with Gasteiger partial charge in [0.25, 0.3) is 0 Å². The number of fused-ring (bicyclic) bond motifs is 9. The van der Waals surface area contributed by atoms with E-state index in [1.807, 2.05) is 30.5 Å². The van der Waals surface area contributed by atoms with E-state index in [1.165, 1.54) is 10.8 Å². The minimum absolute atomic E-state index is 0.204. The SMILES string of the molecule is CC(C)CC(N)CN.CC(C)Cc1cnc2c3cc(Br)ccc3c3ccc(Br)cc3c2n1.O=C1C(=O)c2cc(Br)ccc2-c2ccc(Br)cc21.[O]=[Mn]=[O]. The third-order valence-corrected chi connectivity index (χ3v) is 10.2. The molecule has 5 aromatic carbocycles. The molecule has 1 aliphatic rings. The molecule has 0 aliphatic heterocycles. The Labute approximate surface area is 348 Å². The number of benzene rings is 5. The third kappa shape index (κ3) is 10.9. The van der Waals surface area contributed by atoms with E-state index < -0.39 is 26.4 Å². The summed E-state index contributed by atoms with van der Waals surface area (Å²) < 4.78 is 20.5. The van der Waals surface area contributed by atoms with Crippen LogP contribution in [0.3, 0.4) is 0 Å². The Morgan fingerprint density at radius 3 is 1.47 bits per heavy atom. The van der Waals surface area contributed by atoms with Crippen LogP contribution in [0.4, 0.5) is 0 Å². The first kappa shape index (κ1) is 43.0. The summed E-state index contributed by atoms with van der Waals surface area (Å²) in [5.74, 6) is 0.340. The molecule has 0 saturated carbocycles. The first-order valence-electron chi connectivity index (χ1n) is 16.7. The summed E-state index contributed by atoms with van der Waals surface area (Å²) >= 11 is 12.4. The quantitative estimate of drug-likeness (QED) is 0.0986. The molecule has 1 unspecified atom stereocenters. The van der Waals surface area contributed by atoms with Gasteiger partial charge in [0.05, 0.1) is 16.7 Å². The van der Waals surface area contributed by atoms with Crippen molar-refractivity contribution in [3.05, 3.63) is 114 Å². The number of nitrogens with zero attached hydrogens (tertiary/aromatic N) is 2. The molecule has 0 bridgehead atoms. The number of nitrogens with two attached hydrogens (primary N) is 2. The zero-order chi connectivity index (χ0) is 39.0. The molecule has 1 aliphatic carbocycles. The molecule has 1 atom stereocenters. The van der Waals surface area contributed by atoms with E-state index in [0.717, 1.165) is 69.4 Å². The molecule has 0 spiro atoms. The molecule has 1 aromatic heterocycles. The van der Waals surface area contributed by atoms with Gasteiger partial charge in [0.1, 0.15) is 0 Å².